The second kappa shape index (κ2) is 3.91. The molecule has 0 spiro atoms. The van der Waals surface area contributed by atoms with Crippen LogP contribution in [-0.2, 0) is 0 Å². The minimum Gasteiger partial charge on any atom is -0.298 e. The maximum atomic E-state index is 10.8. The van der Waals surface area contributed by atoms with Crippen LogP contribution < -0.4 is 0 Å². The summed E-state index contributed by atoms with van der Waals surface area (Å²) < 4.78 is 0. The standard InChI is InChI=1S/C10H8N4O/c1-7-11-13-10(14-12-7)9-5-3-2-4-8(9)6-15/h2-6H,1H3. The van der Waals surface area contributed by atoms with E-state index in [4.69, 9.17) is 0 Å². The first kappa shape index (κ1) is 9.39. The highest BCUT2D eigenvalue weighted by Gasteiger charge is 2.07. The van der Waals surface area contributed by atoms with Gasteiger partial charge in [-0.2, -0.15) is 0 Å². The molecule has 1 heterocycles. The maximum absolute atomic E-state index is 10.8. The number of hydrogen-bond acceptors (Lipinski definition) is 5. The van der Waals surface area contributed by atoms with Crippen LogP contribution in [0.25, 0.3) is 11.4 Å². The van der Waals surface area contributed by atoms with Gasteiger partial charge < -0.3 is 0 Å². The summed E-state index contributed by atoms with van der Waals surface area (Å²) in [7, 11) is 0. The number of carbonyl (C=O) groups is 1. The van der Waals surface area contributed by atoms with Gasteiger partial charge in [0.15, 0.2) is 12.1 Å². The van der Waals surface area contributed by atoms with Gasteiger partial charge in [-0.1, -0.05) is 24.3 Å². The van der Waals surface area contributed by atoms with E-state index < -0.39 is 0 Å². The molecule has 1 aromatic heterocycles. The molecule has 0 bridgehead atoms. The lowest BCUT2D eigenvalue weighted by Crippen LogP contribution is -2.00. The van der Waals surface area contributed by atoms with Gasteiger partial charge in [0.25, 0.3) is 0 Å². The molecule has 0 aliphatic heterocycles. The predicted molar refractivity (Wildman–Crippen MR) is 53.2 cm³/mol. The average molecular weight is 200 g/mol. The molecule has 0 aliphatic rings. The van der Waals surface area contributed by atoms with Gasteiger partial charge >= 0.3 is 0 Å². The molecule has 1 aromatic carbocycles. The van der Waals surface area contributed by atoms with E-state index in [0.717, 1.165) is 6.29 Å². The number of rotatable bonds is 2. The van der Waals surface area contributed by atoms with Crippen LogP contribution in [-0.4, -0.2) is 26.7 Å². The molecule has 0 radical (unpaired) electrons. The molecule has 2 aromatic rings. The normalized spacial score (nSPS) is 9.93. The first-order valence-electron chi connectivity index (χ1n) is 4.40. The molecule has 0 saturated carbocycles. The Bertz CT molecular complexity index is 481. The quantitative estimate of drug-likeness (QED) is 0.678. The van der Waals surface area contributed by atoms with Crippen LogP contribution in [0.2, 0.25) is 0 Å². The van der Waals surface area contributed by atoms with Gasteiger partial charge in [0.05, 0.1) is 0 Å². The highest BCUT2D eigenvalue weighted by Crippen LogP contribution is 2.16. The fourth-order valence-corrected chi connectivity index (χ4v) is 1.19. The molecular formula is C10H8N4O. The highest BCUT2D eigenvalue weighted by atomic mass is 16.1. The van der Waals surface area contributed by atoms with Gasteiger partial charge in [0, 0.05) is 11.1 Å². The minimum atomic E-state index is 0.364. The fourth-order valence-electron chi connectivity index (χ4n) is 1.19. The molecule has 5 heteroatoms. The Morgan fingerprint density at radius 1 is 1.07 bits per heavy atom. The summed E-state index contributed by atoms with van der Waals surface area (Å²) in [5.41, 5.74) is 1.18. The summed E-state index contributed by atoms with van der Waals surface area (Å²) in [5, 5.41) is 15.3. The van der Waals surface area contributed by atoms with Crippen LogP contribution in [0.15, 0.2) is 24.3 Å². The molecule has 0 fully saturated rings. The van der Waals surface area contributed by atoms with E-state index in [1.165, 1.54) is 0 Å². The van der Waals surface area contributed by atoms with Gasteiger partial charge in [-0.05, 0) is 6.92 Å². The average Bonchev–Trinajstić information content (AvgIpc) is 2.30. The largest absolute Gasteiger partial charge is 0.298 e. The van der Waals surface area contributed by atoms with Crippen LogP contribution in [0.5, 0.6) is 0 Å². The van der Waals surface area contributed by atoms with Crippen LogP contribution in [0.1, 0.15) is 16.2 Å². The molecule has 0 N–H and O–H groups in total. The number of nitrogens with zero attached hydrogens (tertiary/aromatic N) is 4. The highest BCUT2D eigenvalue weighted by molar-refractivity contribution is 5.85. The van der Waals surface area contributed by atoms with Crippen LogP contribution in [0.3, 0.4) is 0 Å². The Labute approximate surface area is 86.2 Å². The summed E-state index contributed by atoms with van der Waals surface area (Å²) >= 11 is 0. The first-order chi connectivity index (χ1) is 7.31. The van der Waals surface area contributed by atoms with E-state index in [1.807, 2.05) is 6.07 Å². The van der Waals surface area contributed by atoms with E-state index in [1.54, 1.807) is 25.1 Å². The summed E-state index contributed by atoms with van der Waals surface area (Å²) in [6, 6.07) is 7.05. The topological polar surface area (TPSA) is 68.6 Å². The van der Waals surface area contributed by atoms with Crippen molar-refractivity contribution in [1.29, 1.82) is 0 Å². The lowest BCUT2D eigenvalue weighted by Gasteiger charge is -2.00. The fraction of sp³-hybridized carbons (Fsp3) is 0.100. The van der Waals surface area contributed by atoms with Crippen LogP contribution >= 0.6 is 0 Å². The summed E-state index contributed by atoms with van der Waals surface area (Å²) in [6.45, 7) is 1.70. The molecule has 2 rings (SSSR count). The van der Waals surface area contributed by atoms with E-state index >= 15 is 0 Å². The Morgan fingerprint density at radius 3 is 2.40 bits per heavy atom. The Kier molecular flexibility index (Phi) is 2.45. The van der Waals surface area contributed by atoms with Crippen molar-refractivity contribution in [2.24, 2.45) is 0 Å². The Morgan fingerprint density at radius 2 is 1.73 bits per heavy atom. The van der Waals surface area contributed by atoms with E-state index in [2.05, 4.69) is 20.4 Å². The maximum Gasteiger partial charge on any atom is 0.204 e. The number of benzene rings is 1. The van der Waals surface area contributed by atoms with E-state index in [0.29, 0.717) is 22.8 Å². The van der Waals surface area contributed by atoms with Gasteiger partial charge in [-0.3, -0.25) is 4.79 Å². The zero-order valence-electron chi connectivity index (χ0n) is 8.08. The van der Waals surface area contributed by atoms with Crippen molar-refractivity contribution in [2.75, 3.05) is 0 Å². The molecule has 5 nitrogen and oxygen atoms in total. The molecule has 0 unspecified atom stereocenters. The molecule has 0 amide bonds. The number of carbonyl (C=O) groups excluding carboxylic acids is 1. The van der Waals surface area contributed by atoms with Gasteiger partial charge in [0.2, 0.25) is 5.82 Å². The summed E-state index contributed by atoms with van der Waals surface area (Å²) in [6.07, 6.45) is 0.762. The molecular weight excluding hydrogens is 192 g/mol. The number of aldehydes is 1. The number of aromatic nitrogens is 4. The molecule has 0 atom stereocenters. The van der Waals surface area contributed by atoms with E-state index in [-0.39, 0.29) is 0 Å². The smallest absolute Gasteiger partial charge is 0.204 e. The zero-order valence-corrected chi connectivity index (χ0v) is 8.08. The van der Waals surface area contributed by atoms with Gasteiger partial charge in [0.1, 0.15) is 0 Å². The second-order valence-electron chi connectivity index (χ2n) is 2.98. The lowest BCUT2D eigenvalue weighted by atomic mass is 10.1. The van der Waals surface area contributed by atoms with Crippen LogP contribution in [0.4, 0.5) is 0 Å². The summed E-state index contributed by atoms with van der Waals surface area (Å²) in [4.78, 5) is 10.8. The third-order valence-electron chi connectivity index (χ3n) is 1.91. The van der Waals surface area contributed by atoms with Crippen molar-refractivity contribution < 1.29 is 4.79 Å². The summed E-state index contributed by atoms with van der Waals surface area (Å²) in [5.74, 6) is 0.866. The van der Waals surface area contributed by atoms with Crippen molar-refractivity contribution >= 4 is 6.29 Å². The van der Waals surface area contributed by atoms with Crippen molar-refractivity contribution in [3.63, 3.8) is 0 Å². The third-order valence-corrected chi connectivity index (χ3v) is 1.91. The zero-order chi connectivity index (χ0) is 10.7. The van der Waals surface area contributed by atoms with Gasteiger partial charge in [-0.15, -0.1) is 20.4 Å². The molecule has 0 aliphatic carbocycles. The van der Waals surface area contributed by atoms with Crippen molar-refractivity contribution in [2.45, 2.75) is 6.92 Å². The molecule has 0 saturated heterocycles. The number of hydrogen-bond donors (Lipinski definition) is 0. The lowest BCUT2D eigenvalue weighted by molar-refractivity contribution is 0.112. The Hall–Kier alpha value is -2.17. The predicted octanol–water partition coefficient (Wildman–Crippen LogP) is 1.05. The third kappa shape index (κ3) is 1.85. The monoisotopic (exact) mass is 200 g/mol. The van der Waals surface area contributed by atoms with E-state index in [9.17, 15) is 4.79 Å². The van der Waals surface area contributed by atoms with Crippen molar-refractivity contribution in [1.82, 2.24) is 20.4 Å². The van der Waals surface area contributed by atoms with Crippen molar-refractivity contribution in [3.05, 3.63) is 35.7 Å². The molecule has 15 heavy (non-hydrogen) atoms. The van der Waals surface area contributed by atoms with Crippen LogP contribution in [0, 0.1) is 6.92 Å². The molecule has 74 valence electrons. The first-order valence-corrected chi connectivity index (χ1v) is 4.40. The van der Waals surface area contributed by atoms with Gasteiger partial charge in [-0.25, -0.2) is 0 Å². The Balaban J connectivity index is 2.53. The second-order valence-corrected chi connectivity index (χ2v) is 2.98. The number of aryl methyl sites for hydroxylation is 1. The minimum absolute atomic E-state index is 0.364. The van der Waals surface area contributed by atoms with Crippen molar-refractivity contribution in [3.8, 4) is 11.4 Å². The SMILES string of the molecule is Cc1nnc(-c2ccccc2C=O)nn1.